The van der Waals surface area contributed by atoms with E-state index in [4.69, 9.17) is 5.73 Å². The van der Waals surface area contributed by atoms with E-state index < -0.39 is 0 Å². The van der Waals surface area contributed by atoms with Crippen LogP contribution in [0.1, 0.15) is 46.4 Å². The molecule has 2 heterocycles. The lowest BCUT2D eigenvalue weighted by Crippen LogP contribution is -2.36. The molecule has 0 radical (unpaired) electrons. The highest BCUT2D eigenvalue weighted by molar-refractivity contribution is 7.17. The number of nitrogens with one attached hydrogen (secondary N) is 1. The minimum Gasteiger partial charge on any atom is -0.403 e. The van der Waals surface area contributed by atoms with Crippen molar-refractivity contribution in [1.29, 1.82) is 0 Å². The zero-order chi connectivity index (χ0) is 17.1. The molecule has 0 spiro atoms. The molecule has 1 aliphatic heterocycles. The third kappa shape index (κ3) is 4.81. The first-order chi connectivity index (χ1) is 10.7. The summed E-state index contributed by atoms with van der Waals surface area (Å²) in [7, 11) is 1.78. The normalized spacial score (nSPS) is 14.4. The minimum atomic E-state index is 0.711. The Morgan fingerprint density at radius 1 is 1.41 bits per heavy atom. The van der Waals surface area contributed by atoms with Crippen LogP contribution in [0.25, 0.3) is 0 Å². The molecule has 1 aliphatic rings. The van der Waals surface area contributed by atoms with E-state index in [2.05, 4.69) is 33.1 Å². The summed E-state index contributed by atoms with van der Waals surface area (Å²) in [5, 5.41) is 4.46. The summed E-state index contributed by atoms with van der Waals surface area (Å²) in [6.07, 6.45) is 1.62. The van der Waals surface area contributed by atoms with Crippen LogP contribution in [0.3, 0.4) is 0 Å². The molecule has 5 heteroatoms. The Hall–Kier alpha value is -1.93. The molecule has 0 amide bonds. The van der Waals surface area contributed by atoms with Crippen LogP contribution in [0, 0.1) is 11.8 Å². The van der Waals surface area contributed by atoms with Gasteiger partial charge in [-0.1, -0.05) is 33.6 Å². The summed E-state index contributed by atoms with van der Waals surface area (Å²) < 4.78 is 0. The summed E-state index contributed by atoms with van der Waals surface area (Å²) >= 11 is 1.66. The molecule has 0 saturated heterocycles. The summed E-state index contributed by atoms with van der Waals surface area (Å²) in [4.78, 5) is 7.43. The Balaban J connectivity index is 0.00000102. The number of allylic oxidation sites excluding steroid dienone is 1. The van der Waals surface area contributed by atoms with E-state index in [9.17, 15) is 0 Å². The van der Waals surface area contributed by atoms with Crippen LogP contribution in [-0.2, 0) is 0 Å². The quantitative estimate of drug-likeness (QED) is 0.761. The average Bonchev–Trinajstić information content (AvgIpc) is 2.99. The number of fused-ring (bicyclic) bond motifs is 1. The summed E-state index contributed by atoms with van der Waals surface area (Å²) in [5.74, 6) is 6.94. The van der Waals surface area contributed by atoms with Gasteiger partial charge in [-0.25, -0.2) is 0 Å². The molecule has 1 aromatic rings. The van der Waals surface area contributed by atoms with Gasteiger partial charge in [0.15, 0.2) is 0 Å². The second-order valence-electron chi connectivity index (χ2n) is 3.89. The fraction of sp³-hybridized carbons (Fsp3) is 0.471. The molecule has 3 N–H and O–H groups in total. The Labute approximate surface area is 139 Å². The SMILES string of the molecule is CC.CC.CC#Cc1cc2c(s1)N(/C(C)=C\N)CC(=NC)N2. The van der Waals surface area contributed by atoms with Crippen LogP contribution in [0.15, 0.2) is 23.0 Å². The number of nitrogens with two attached hydrogens (primary N) is 1. The van der Waals surface area contributed by atoms with Crippen LogP contribution < -0.4 is 16.0 Å². The van der Waals surface area contributed by atoms with E-state index in [-0.39, 0.29) is 0 Å². The zero-order valence-corrected chi connectivity index (χ0v) is 15.6. The number of nitrogens with zero attached hydrogens (tertiary/aromatic N) is 2. The number of thiophene rings is 1. The van der Waals surface area contributed by atoms with Gasteiger partial charge in [-0.15, -0.1) is 17.3 Å². The monoisotopic (exact) mass is 320 g/mol. The van der Waals surface area contributed by atoms with Crippen molar-refractivity contribution in [3.63, 3.8) is 0 Å². The minimum absolute atomic E-state index is 0.711. The summed E-state index contributed by atoms with van der Waals surface area (Å²) in [6, 6.07) is 2.05. The highest BCUT2D eigenvalue weighted by Crippen LogP contribution is 2.39. The van der Waals surface area contributed by atoms with Crippen molar-refractivity contribution in [2.75, 3.05) is 23.8 Å². The molecule has 0 atom stereocenters. The molecule has 0 fully saturated rings. The number of rotatable bonds is 1. The average molecular weight is 321 g/mol. The Morgan fingerprint density at radius 2 is 2.05 bits per heavy atom. The number of hydrogen-bond donors (Lipinski definition) is 2. The Bertz CT molecular complexity index is 573. The molecule has 122 valence electrons. The Morgan fingerprint density at radius 3 is 2.55 bits per heavy atom. The first kappa shape index (κ1) is 20.1. The molecular weight excluding hydrogens is 292 g/mol. The lowest BCUT2D eigenvalue weighted by molar-refractivity contribution is 1.02. The molecule has 2 rings (SSSR count). The van der Waals surface area contributed by atoms with Crippen molar-refractivity contribution in [1.82, 2.24) is 0 Å². The van der Waals surface area contributed by atoms with Crippen molar-refractivity contribution in [3.05, 3.63) is 22.8 Å². The zero-order valence-electron chi connectivity index (χ0n) is 14.7. The second kappa shape index (κ2) is 10.7. The lowest BCUT2D eigenvalue weighted by atomic mass is 10.3. The van der Waals surface area contributed by atoms with Crippen LogP contribution in [-0.4, -0.2) is 19.4 Å². The molecule has 1 aromatic heterocycles. The van der Waals surface area contributed by atoms with Crippen molar-refractivity contribution < 1.29 is 0 Å². The molecular formula is C17H28N4S. The Kier molecular flexibility index (Phi) is 9.80. The second-order valence-corrected chi connectivity index (χ2v) is 4.92. The maximum atomic E-state index is 5.63. The molecule has 0 bridgehead atoms. The molecule has 22 heavy (non-hydrogen) atoms. The van der Waals surface area contributed by atoms with Crippen molar-refractivity contribution in [2.24, 2.45) is 10.7 Å². The van der Waals surface area contributed by atoms with Crippen molar-refractivity contribution >= 4 is 27.9 Å². The first-order valence-corrected chi connectivity index (χ1v) is 8.46. The number of aliphatic imine (C=N–C) groups is 1. The van der Waals surface area contributed by atoms with E-state index in [0.29, 0.717) is 6.54 Å². The molecule has 0 aliphatic carbocycles. The maximum Gasteiger partial charge on any atom is 0.121 e. The van der Waals surface area contributed by atoms with E-state index >= 15 is 0 Å². The van der Waals surface area contributed by atoms with Gasteiger partial charge in [-0.3, -0.25) is 4.99 Å². The number of hydrogen-bond acceptors (Lipinski definition) is 4. The summed E-state index contributed by atoms with van der Waals surface area (Å²) in [6.45, 7) is 12.5. The molecule has 4 nitrogen and oxygen atoms in total. The fourth-order valence-electron chi connectivity index (χ4n) is 1.77. The van der Waals surface area contributed by atoms with Crippen LogP contribution in [0.5, 0.6) is 0 Å². The van der Waals surface area contributed by atoms with Crippen molar-refractivity contribution in [3.8, 4) is 11.8 Å². The molecule has 0 unspecified atom stereocenters. The van der Waals surface area contributed by atoms with E-state index in [0.717, 1.165) is 27.1 Å². The highest BCUT2D eigenvalue weighted by Gasteiger charge is 2.24. The van der Waals surface area contributed by atoms with Gasteiger partial charge >= 0.3 is 0 Å². The highest BCUT2D eigenvalue weighted by atomic mass is 32.1. The predicted octanol–water partition coefficient (Wildman–Crippen LogP) is 4.25. The largest absolute Gasteiger partial charge is 0.403 e. The van der Waals surface area contributed by atoms with Gasteiger partial charge in [-0.05, 0) is 19.9 Å². The maximum absolute atomic E-state index is 5.63. The smallest absolute Gasteiger partial charge is 0.121 e. The molecule has 0 saturated carbocycles. The van der Waals surface area contributed by atoms with Gasteiger partial charge < -0.3 is 16.0 Å². The fourth-order valence-corrected chi connectivity index (χ4v) is 2.85. The van der Waals surface area contributed by atoms with Gasteiger partial charge in [0.1, 0.15) is 10.8 Å². The van der Waals surface area contributed by atoms with Gasteiger partial charge in [-0.2, -0.15) is 0 Å². The predicted molar refractivity (Wildman–Crippen MR) is 102 cm³/mol. The number of anilines is 2. The third-order valence-electron chi connectivity index (χ3n) is 2.73. The van der Waals surface area contributed by atoms with Gasteiger partial charge in [0.05, 0.1) is 17.1 Å². The standard InChI is InChI=1S/C13H16N4S.2C2H6/c1-4-5-10-6-11-13(18-10)17(9(2)7-14)8-12(15-3)16-11;2*1-2/h6-7H,8,14H2,1-3H3,(H,15,16);2*1-2H3/b9-7-;;. The van der Waals surface area contributed by atoms with Crippen LogP contribution in [0.4, 0.5) is 10.7 Å². The van der Waals surface area contributed by atoms with Gasteiger partial charge in [0.25, 0.3) is 0 Å². The molecule has 0 aromatic carbocycles. The van der Waals surface area contributed by atoms with Gasteiger partial charge in [0, 0.05) is 18.9 Å². The van der Waals surface area contributed by atoms with Crippen LogP contribution in [0.2, 0.25) is 0 Å². The number of amidine groups is 1. The van der Waals surface area contributed by atoms with Gasteiger partial charge in [0.2, 0.25) is 0 Å². The summed E-state index contributed by atoms with van der Waals surface area (Å²) in [5.41, 5.74) is 7.68. The van der Waals surface area contributed by atoms with Crippen LogP contribution >= 0.6 is 11.3 Å². The lowest BCUT2D eigenvalue weighted by Gasteiger charge is -2.30. The van der Waals surface area contributed by atoms with E-state index in [1.54, 1.807) is 24.6 Å². The van der Waals surface area contributed by atoms with E-state index in [1.807, 2.05) is 41.5 Å². The third-order valence-corrected chi connectivity index (χ3v) is 3.80. The topological polar surface area (TPSA) is 53.6 Å². The van der Waals surface area contributed by atoms with E-state index in [1.165, 1.54) is 0 Å². The first-order valence-electron chi connectivity index (χ1n) is 7.65. The van der Waals surface area contributed by atoms with Crippen molar-refractivity contribution in [2.45, 2.75) is 41.5 Å².